The third-order valence-corrected chi connectivity index (χ3v) is 3.04. The van der Waals surface area contributed by atoms with Crippen LogP contribution in [0.4, 0.5) is 5.69 Å². The molecule has 0 bridgehead atoms. The standard InChI is InChI=1S/C16H16N2O5/c1-22-13-8-3-10(14(16(20)21)15(13)23-2)9-17-18-11-4-6-12(19)7-5-11/h3-9,18-19H,1-2H3,(H,20,21)/p-1/b17-9-. The highest BCUT2D eigenvalue weighted by Gasteiger charge is 2.19. The first-order chi connectivity index (χ1) is 11.1. The monoisotopic (exact) mass is 315 g/mol. The topological polar surface area (TPSA) is 103 Å². The molecule has 0 fully saturated rings. The molecule has 2 N–H and O–H groups in total. The Hall–Kier alpha value is -3.22. The molecule has 0 saturated heterocycles. The van der Waals surface area contributed by atoms with Gasteiger partial charge in [0.15, 0.2) is 11.5 Å². The van der Waals surface area contributed by atoms with Crippen molar-refractivity contribution in [1.29, 1.82) is 0 Å². The Labute approximate surface area is 132 Å². The second kappa shape index (κ2) is 7.17. The lowest BCUT2D eigenvalue weighted by atomic mass is 10.1. The zero-order valence-corrected chi connectivity index (χ0v) is 12.6. The highest BCUT2D eigenvalue weighted by atomic mass is 16.5. The van der Waals surface area contributed by atoms with Gasteiger partial charge in [-0.2, -0.15) is 5.10 Å². The van der Waals surface area contributed by atoms with E-state index in [1.807, 2.05) is 0 Å². The van der Waals surface area contributed by atoms with E-state index in [4.69, 9.17) is 9.47 Å². The lowest BCUT2D eigenvalue weighted by Gasteiger charge is -2.12. The zero-order valence-electron chi connectivity index (χ0n) is 12.6. The van der Waals surface area contributed by atoms with Crippen molar-refractivity contribution in [2.24, 2.45) is 5.10 Å². The molecule has 0 aliphatic carbocycles. The molecule has 23 heavy (non-hydrogen) atoms. The summed E-state index contributed by atoms with van der Waals surface area (Å²) in [5.41, 5.74) is 3.63. The maximum Gasteiger partial charge on any atom is 0.340 e. The first kappa shape index (κ1) is 16.2. The largest absolute Gasteiger partial charge is 0.872 e. The van der Waals surface area contributed by atoms with Crippen LogP contribution in [0.15, 0.2) is 41.5 Å². The molecule has 0 heterocycles. The SMILES string of the molecule is COc1ccc(/C=N\Nc2ccc([O-])cc2)c(C(=O)O)c1OC. The van der Waals surface area contributed by atoms with Gasteiger partial charge in [-0.3, -0.25) is 5.43 Å². The molecule has 120 valence electrons. The number of benzene rings is 2. The van der Waals surface area contributed by atoms with Crippen LogP contribution >= 0.6 is 0 Å². The van der Waals surface area contributed by atoms with Gasteiger partial charge in [-0.05, 0) is 24.3 Å². The van der Waals surface area contributed by atoms with E-state index in [0.717, 1.165) is 0 Å². The number of hydrogen-bond donors (Lipinski definition) is 2. The van der Waals surface area contributed by atoms with Crippen LogP contribution in [0.5, 0.6) is 17.2 Å². The van der Waals surface area contributed by atoms with Gasteiger partial charge in [0.05, 0.1) is 26.1 Å². The molecule has 0 spiro atoms. The normalized spacial score (nSPS) is 10.5. The zero-order chi connectivity index (χ0) is 16.8. The summed E-state index contributed by atoms with van der Waals surface area (Å²) in [6, 6.07) is 9.11. The number of carboxylic acids is 1. The maximum absolute atomic E-state index is 11.5. The van der Waals surface area contributed by atoms with Crippen molar-refractivity contribution in [1.82, 2.24) is 0 Å². The van der Waals surface area contributed by atoms with Crippen LogP contribution in [0.1, 0.15) is 15.9 Å². The van der Waals surface area contributed by atoms with Gasteiger partial charge >= 0.3 is 5.97 Å². The highest BCUT2D eigenvalue weighted by Crippen LogP contribution is 2.32. The Bertz CT molecular complexity index is 726. The molecule has 0 radical (unpaired) electrons. The van der Waals surface area contributed by atoms with Crippen LogP contribution in [-0.2, 0) is 0 Å². The third kappa shape index (κ3) is 3.70. The minimum absolute atomic E-state index is 0.0488. The van der Waals surface area contributed by atoms with Gasteiger partial charge < -0.3 is 19.7 Å². The van der Waals surface area contributed by atoms with Crippen molar-refractivity contribution >= 4 is 17.9 Å². The number of carboxylic acid groups (broad SMARTS) is 1. The Morgan fingerprint density at radius 2 is 1.87 bits per heavy atom. The Morgan fingerprint density at radius 1 is 1.17 bits per heavy atom. The number of rotatable bonds is 6. The van der Waals surface area contributed by atoms with E-state index in [0.29, 0.717) is 17.0 Å². The summed E-state index contributed by atoms with van der Waals surface area (Å²) < 4.78 is 10.2. The second-order valence-electron chi connectivity index (χ2n) is 4.46. The van der Waals surface area contributed by atoms with Gasteiger partial charge in [0.25, 0.3) is 0 Å². The molecule has 2 aromatic carbocycles. The fourth-order valence-electron chi connectivity index (χ4n) is 1.98. The molecule has 7 heteroatoms. The van der Waals surface area contributed by atoms with Gasteiger partial charge in [-0.25, -0.2) is 4.79 Å². The smallest absolute Gasteiger partial charge is 0.340 e. The minimum Gasteiger partial charge on any atom is -0.872 e. The lowest BCUT2D eigenvalue weighted by molar-refractivity contribution is -0.268. The van der Waals surface area contributed by atoms with E-state index in [-0.39, 0.29) is 17.1 Å². The quantitative estimate of drug-likeness (QED) is 0.623. The predicted octanol–water partition coefficient (Wildman–Crippen LogP) is 1.92. The first-order valence-corrected chi connectivity index (χ1v) is 6.61. The van der Waals surface area contributed by atoms with E-state index in [9.17, 15) is 15.0 Å². The first-order valence-electron chi connectivity index (χ1n) is 6.61. The van der Waals surface area contributed by atoms with E-state index in [1.165, 1.54) is 32.6 Å². The summed E-state index contributed by atoms with van der Waals surface area (Å²) in [6.45, 7) is 0. The Morgan fingerprint density at radius 3 is 2.43 bits per heavy atom. The molecule has 0 atom stereocenters. The number of ether oxygens (including phenoxy) is 2. The lowest BCUT2D eigenvalue weighted by Crippen LogP contribution is -2.07. The van der Waals surface area contributed by atoms with Crippen molar-refractivity contribution in [2.75, 3.05) is 19.6 Å². The van der Waals surface area contributed by atoms with Crippen molar-refractivity contribution in [3.05, 3.63) is 47.5 Å². The molecule has 7 nitrogen and oxygen atoms in total. The summed E-state index contributed by atoms with van der Waals surface area (Å²) in [7, 11) is 2.80. The van der Waals surface area contributed by atoms with Crippen LogP contribution in [0, 0.1) is 0 Å². The number of aromatic carboxylic acids is 1. The van der Waals surface area contributed by atoms with Gasteiger partial charge in [0.2, 0.25) is 0 Å². The molecule has 0 saturated carbocycles. The molecule has 0 unspecified atom stereocenters. The minimum atomic E-state index is -1.15. The number of methoxy groups -OCH3 is 2. The summed E-state index contributed by atoms with van der Waals surface area (Å²) >= 11 is 0. The molecule has 0 amide bonds. The average Bonchev–Trinajstić information content (AvgIpc) is 2.55. The number of carbonyl (C=O) groups is 1. The molecule has 2 aromatic rings. The van der Waals surface area contributed by atoms with E-state index >= 15 is 0 Å². The average molecular weight is 315 g/mol. The van der Waals surface area contributed by atoms with Gasteiger partial charge in [-0.1, -0.05) is 12.1 Å². The van der Waals surface area contributed by atoms with Crippen molar-refractivity contribution < 1.29 is 24.5 Å². The Balaban J connectivity index is 2.30. The van der Waals surface area contributed by atoms with Crippen molar-refractivity contribution in [3.63, 3.8) is 0 Å². The van der Waals surface area contributed by atoms with E-state index in [2.05, 4.69) is 10.5 Å². The Kier molecular flexibility index (Phi) is 5.03. The molecule has 0 aromatic heterocycles. The highest BCUT2D eigenvalue weighted by molar-refractivity contribution is 6.01. The van der Waals surface area contributed by atoms with Crippen molar-refractivity contribution in [3.8, 4) is 17.2 Å². The number of hydrazone groups is 1. The number of anilines is 1. The molecule has 0 aliphatic heterocycles. The van der Waals surface area contributed by atoms with Crippen LogP contribution in [-0.4, -0.2) is 31.5 Å². The molecular formula is C16H15N2O5-. The van der Waals surface area contributed by atoms with Crippen LogP contribution in [0.2, 0.25) is 0 Å². The summed E-state index contributed by atoms with van der Waals surface area (Å²) in [5, 5.41) is 24.4. The van der Waals surface area contributed by atoms with Gasteiger partial charge in [0, 0.05) is 5.56 Å². The molecule has 0 aliphatic rings. The number of hydrogen-bond acceptors (Lipinski definition) is 6. The predicted molar refractivity (Wildman–Crippen MR) is 83.6 cm³/mol. The molecule has 2 rings (SSSR count). The fourth-order valence-corrected chi connectivity index (χ4v) is 1.98. The number of nitrogens with one attached hydrogen (secondary N) is 1. The fraction of sp³-hybridized carbons (Fsp3) is 0.125. The van der Waals surface area contributed by atoms with Crippen LogP contribution < -0.4 is 20.0 Å². The van der Waals surface area contributed by atoms with Crippen molar-refractivity contribution in [2.45, 2.75) is 0 Å². The van der Waals surface area contributed by atoms with E-state index in [1.54, 1.807) is 24.3 Å². The summed E-state index contributed by atoms with van der Waals surface area (Å²) in [4.78, 5) is 11.5. The van der Waals surface area contributed by atoms with Crippen LogP contribution in [0.25, 0.3) is 0 Å². The summed E-state index contributed by atoms with van der Waals surface area (Å²) in [5.74, 6) is -0.814. The number of nitrogens with zero attached hydrogens (tertiary/aromatic N) is 1. The maximum atomic E-state index is 11.5. The van der Waals surface area contributed by atoms with Gasteiger partial charge in [0.1, 0.15) is 5.56 Å². The third-order valence-electron chi connectivity index (χ3n) is 3.04. The summed E-state index contributed by atoms with van der Waals surface area (Å²) in [6.07, 6.45) is 1.36. The molecular weight excluding hydrogens is 300 g/mol. The van der Waals surface area contributed by atoms with Gasteiger partial charge in [-0.15, -0.1) is 5.75 Å². The van der Waals surface area contributed by atoms with E-state index < -0.39 is 5.97 Å². The van der Waals surface area contributed by atoms with Crippen LogP contribution in [0.3, 0.4) is 0 Å². The second-order valence-corrected chi connectivity index (χ2v) is 4.46.